The van der Waals surface area contributed by atoms with E-state index in [0.29, 0.717) is 25.1 Å². The van der Waals surface area contributed by atoms with Crippen LogP contribution in [0.4, 0.5) is 10.5 Å². The summed E-state index contributed by atoms with van der Waals surface area (Å²) in [7, 11) is 1.24. The maximum absolute atomic E-state index is 12.6. The average Bonchev–Trinajstić information content (AvgIpc) is 2.66. The van der Waals surface area contributed by atoms with Crippen molar-refractivity contribution in [3.8, 4) is 0 Å². The Hall–Kier alpha value is -3.50. The van der Waals surface area contributed by atoms with E-state index in [9.17, 15) is 14.4 Å². The van der Waals surface area contributed by atoms with Crippen LogP contribution in [-0.2, 0) is 14.3 Å². The number of amides is 2. The zero-order valence-electron chi connectivity index (χ0n) is 17.7. The molecule has 0 saturated heterocycles. The minimum absolute atomic E-state index is 0.0436. The zero-order chi connectivity index (χ0) is 22.7. The predicted octanol–water partition coefficient (Wildman–Crippen LogP) is 0.863. The number of rotatable bonds is 9. The van der Waals surface area contributed by atoms with Crippen LogP contribution in [0.3, 0.4) is 0 Å². The van der Waals surface area contributed by atoms with Gasteiger partial charge in [0.1, 0.15) is 11.6 Å². The lowest BCUT2D eigenvalue weighted by Gasteiger charge is -2.20. The molecule has 0 spiro atoms. The first-order valence-corrected chi connectivity index (χ1v) is 9.31. The van der Waals surface area contributed by atoms with Crippen molar-refractivity contribution in [1.29, 1.82) is 0 Å². The van der Waals surface area contributed by atoms with Crippen LogP contribution in [-0.4, -0.2) is 49.2 Å². The Morgan fingerprint density at radius 1 is 1.20 bits per heavy atom. The van der Waals surface area contributed by atoms with E-state index in [1.807, 2.05) is 0 Å². The summed E-state index contributed by atoms with van der Waals surface area (Å²) >= 11 is 0. The highest BCUT2D eigenvalue weighted by atomic mass is 16.6. The number of carbonyl (C=O) groups is 3. The van der Waals surface area contributed by atoms with Gasteiger partial charge >= 0.3 is 12.1 Å². The van der Waals surface area contributed by atoms with Gasteiger partial charge in [0.05, 0.1) is 12.8 Å². The predicted molar refractivity (Wildman–Crippen MR) is 113 cm³/mol. The molecule has 1 rings (SSSR count). The highest BCUT2D eigenvalue weighted by Gasteiger charge is 2.22. The van der Waals surface area contributed by atoms with Crippen LogP contribution in [0.2, 0.25) is 0 Å². The number of aliphatic imine (C=N–C) groups is 1. The smallest absolute Gasteiger partial charge is 0.426 e. The molecule has 30 heavy (non-hydrogen) atoms. The number of carbonyl (C=O) groups excluding carboxylic acids is 3. The molecule has 0 saturated carbocycles. The number of anilines is 1. The summed E-state index contributed by atoms with van der Waals surface area (Å²) in [5.74, 6) is -1.10. The molecule has 0 aromatic heterocycles. The van der Waals surface area contributed by atoms with Gasteiger partial charge in [-0.1, -0.05) is 6.07 Å². The number of ether oxygens (including phenoxy) is 2. The van der Waals surface area contributed by atoms with Crippen molar-refractivity contribution < 1.29 is 23.9 Å². The van der Waals surface area contributed by atoms with Crippen molar-refractivity contribution in [3.63, 3.8) is 0 Å². The van der Waals surface area contributed by atoms with Gasteiger partial charge < -0.3 is 26.3 Å². The zero-order valence-corrected chi connectivity index (χ0v) is 17.7. The van der Waals surface area contributed by atoms with Crippen LogP contribution in [0.25, 0.3) is 0 Å². The fraction of sp³-hybridized carbons (Fsp3) is 0.474. The second-order valence-corrected chi connectivity index (χ2v) is 7.33. The molecule has 0 radical (unpaired) electrons. The summed E-state index contributed by atoms with van der Waals surface area (Å²) in [5, 5.41) is 2.63. The normalized spacial score (nSPS) is 11.6. The second kappa shape index (κ2) is 11.5. The van der Waals surface area contributed by atoms with Crippen LogP contribution < -0.4 is 27.6 Å². The van der Waals surface area contributed by atoms with E-state index in [-0.39, 0.29) is 11.5 Å². The topological polar surface area (TPSA) is 170 Å². The number of benzene rings is 1. The van der Waals surface area contributed by atoms with Crippen LogP contribution in [0.15, 0.2) is 29.3 Å². The Morgan fingerprint density at radius 3 is 2.50 bits per heavy atom. The number of hydrogen-bond acceptors (Lipinski definition) is 7. The van der Waals surface area contributed by atoms with Gasteiger partial charge in [-0.3, -0.25) is 15.2 Å². The molecular weight excluding hydrogens is 392 g/mol. The number of methoxy groups -OCH3 is 1. The van der Waals surface area contributed by atoms with Gasteiger partial charge in [-0.05, 0) is 51.8 Å². The molecule has 2 amide bonds. The average molecular weight is 422 g/mol. The Balaban J connectivity index is 2.71. The van der Waals surface area contributed by atoms with E-state index in [1.165, 1.54) is 13.2 Å². The van der Waals surface area contributed by atoms with Gasteiger partial charge in [0.25, 0.3) is 5.91 Å². The summed E-state index contributed by atoms with van der Waals surface area (Å²) < 4.78 is 9.86. The SMILES string of the molecule is COC(=O)[C@H](CCCN=C(N)N)NC(=O)c1cccc(NNC(=O)OC(C)(C)C)c1. The molecule has 11 heteroatoms. The van der Waals surface area contributed by atoms with Crippen molar-refractivity contribution in [2.24, 2.45) is 16.5 Å². The minimum atomic E-state index is -0.854. The molecule has 0 bridgehead atoms. The summed E-state index contributed by atoms with van der Waals surface area (Å²) in [5.41, 5.74) is 15.7. The van der Waals surface area contributed by atoms with Crippen molar-refractivity contribution in [3.05, 3.63) is 29.8 Å². The third-order valence-electron chi connectivity index (χ3n) is 3.57. The lowest BCUT2D eigenvalue weighted by Crippen LogP contribution is -2.41. The van der Waals surface area contributed by atoms with Gasteiger partial charge in [-0.15, -0.1) is 0 Å². The monoisotopic (exact) mass is 422 g/mol. The standard InChI is InChI=1S/C19H30N6O5/c1-19(2,3)30-18(28)25-24-13-8-5-7-12(11-13)15(26)23-14(16(27)29-4)9-6-10-22-17(20)21/h5,7-8,11,14,24H,6,9-10H2,1-4H3,(H,23,26)(H,25,28)(H4,20,21,22)/t14-/m0/s1. The second-order valence-electron chi connectivity index (χ2n) is 7.33. The maximum Gasteiger partial charge on any atom is 0.426 e. The molecule has 166 valence electrons. The number of hydrazine groups is 1. The number of nitrogens with two attached hydrogens (primary N) is 2. The number of hydrogen-bond donors (Lipinski definition) is 5. The van der Waals surface area contributed by atoms with E-state index in [2.05, 4.69) is 21.2 Å². The lowest BCUT2D eigenvalue weighted by atomic mass is 10.1. The fourth-order valence-electron chi connectivity index (χ4n) is 2.30. The number of nitrogens with zero attached hydrogens (tertiary/aromatic N) is 1. The van der Waals surface area contributed by atoms with Crippen LogP contribution in [0.1, 0.15) is 44.0 Å². The first-order valence-electron chi connectivity index (χ1n) is 9.31. The van der Waals surface area contributed by atoms with Crippen molar-refractivity contribution in [2.45, 2.75) is 45.3 Å². The molecule has 11 nitrogen and oxygen atoms in total. The van der Waals surface area contributed by atoms with Gasteiger partial charge in [0, 0.05) is 12.1 Å². The van der Waals surface area contributed by atoms with Crippen LogP contribution in [0, 0.1) is 0 Å². The summed E-state index contributed by atoms with van der Waals surface area (Å²) in [6, 6.07) is 5.51. The highest BCUT2D eigenvalue weighted by Crippen LogP contribution is 2.12. The molecule has 0 unspecified atom stereocenters. The molecule has 0 aliphatic heterocycles. The molecule has 0 aliphatic carbocycles. The fourth-order valence-corrected chi connectivity index (χ4v) is 2.30. The summed E-state index contributed by atoms with van der Waals surface area (Å²) in [4.78, 5) is 40.1. The largest absolute Gasteiger partial charge is 0.467 e. The number of guanidine groups is 1. The van der Waals surface area contributed by atoms with Crippen LogP contribution >= 0.6 is 0 Å². The Kier molecular flexibility index (Phi) is 9.40. The Labute approximate surface area is 175 Å². The van der Waals surface area contributed by atoms with Gasteiger partial charge in [0.15, 0.2) is 5.96 Å². The third kappa shape index (κ3) is 9.62. The minimum Gasteiger partial charge on any atom is -0.467 e. The molecule has 7 N–H and O–H groups in total. The maximum atomic E-state index is 12.6. The van der Waals surface area contributed by atoms with Gasteiger partial charge in [-0.2, -0.15) is 0 Å². The van der Waals surface area contributed by atoms with E-state index < -0.39 is 29.6 Å². The first-order chi connectivity index (χ1) is 14.0. The van der Waals surface area contributed by atoms with E-state index >= 15 is 0 Å². The summed E-state index contributed by atoms with van der Waals surface area (Å²) in [6.45, 7) is 5.55. The van der Waals surface area contributed by atoms with Gasteiger partial charge in [-0.25, -0.2) is 15.0 Å². The third-order valence-corrected chi connectivity index (χ3v) is 3.57. The Bertz CT molecular complexity index is 771. The molecular formula is C19H30N6O5. The molecule has 1 aromatic rings. The van der Waals surface area contributed by atoms with Crippen LogP contribution in [0.5, 0.6) is 0 Å². The first kappa shape index (κ1) is 24.5. The molecule has 1 aromatic carbocycles. The van der Waals surface area contributed by atoms with Crippen molar-refractivity contribution in [1.82, 2.24) is 10.7 Å². The van der Waals surface area contributed by atoms with Crippen molar-refractivity contribution >= 4 is 29.6 Å². The number of nitrogens with one attached hydrogen (secondary N) is 3. The Morgan fingerprint density at radius 2 is 1.90 bits per heavy atom. The summed E-state index contributed by atoms with van der Waals surface area (Å²) in [6.07, 6.45) is 0.107. The van der Waals surface area contributed by atoms with Gasteiger partial charge in [0.2, 0.25) is 0 Å². The van der Waals surface area contributed by atoms with E-state index in [0.717, 1.165) is 0 Å². The van der Waals surface area contributed by atoms with Crippen molar-refractivity contribution in [2.75, 3.05) is 19.1 Å². The van der Waals surface area contributed by atoms with E-state index in [1.54, 1.807) is 39.0 Å². The molecule has 0 fully saturated rings. The highest BCUT2D eigenvalue weighted by molar-refractivity contribution is 5.97. The van der Waals surface area contributed by atoms with E-state index in [4.69, 9.17) is 20.9 Å². The molecule has 0 heterocycles. The molecule has 1 atom stereocenters. The quantitative estimate of drug-likeness (QED) is 0.128. The molecule has 0 aliphatic rings. The lowest BCUT2D eigenvalue weighted by molar-refractivity contribution is -0.143. The number of esters is 1.